The van der Waals surface area contributed by atoms with Crippen molar-refractivity contribution in [2.75, 3.05) is 0 Å². The SMILES string of the molecule is CC(C)=C1CCC(C)C=C1OS(=O)(=O)C(F)(F)F. The molecular formula is C11H15F3O3S. The van der Waals surface area contributed by atoms with Gasteiger partial charge in [-0.1, -0.05) is 12.5 Å². The molecule has 0 heterocycles. The smallest absolute Gasteiger partial charge is 0.376 e. The lowest BCUT2D eigenvalue weighted by Gasteiger charge is -2.22. The third-order valence-corrected chi connectivity index (χ3v) is 3.64. The summed E-state index contributed by atoms with van der Waals surface area (Å²) in [5.74, 6) is -0.197. The van der Waals surface area contributed by atoms with E-state index in [0.29, 0.717) is 12.0 Å². The zero-order chi connectivity index (χ0) is 14.1. The maximum absolute atomic E-state index is 12.3. The van der Waals surface area contributed by atoms with E-state index < -0.39 is 15.6 Å². The summed E-state index contributed by atoms with van der Waals surface area (Å²) in [5.41, 5.74) is -4.12. The second-order valence-corrected chi connectivity index (χ2v) is 6.05. The summed E-state index contributed by atoms with van der Waals surface area (Å²) in [5, 5.41) is 0. The van der Waals surface area contributed by atoms with E-state index in [0.717, 1.165) is 12.0 Å². The summed E-state index contributed by atoms with van der Waals surface area (Å²) in [7, 11) is -5.59. The molecule has 0 aromatic heterocycles. The van der Waals surface area contributed by atoms with Crippen LogP contribution in [0.2, 0.25) is 0 Å². The van der Waals surface area contributed by atoms with Crippen LogP contribution in [0.25, 0.3) is 0 Å². The van der Waals surface area contributed by atoms with Crippen molar-refractivity contribution in [1.82, 2.24) is 0 Å². The van der Waals surface area contributed by atoms with Gasteiger partial charge in [-0.15, -0.1) is 0 Å². The van der Waals surface area contributed by atoms with Crippen LogP contribution < -0.4 is 0 Å². The van der Waals surface area contributed by atoms with E-state index >= 15 is 0 Å². The van der Waals surface area contributed by atoms with Gasteiger partial charge in [0.05, 0.1) is 0 Å². The minimum atomic E-state index is -5.59. The normalized spacial score (nSPS) is 21.6. The van der Waals surface area contributed by atoms with Crippen LogP contribution in [0.5, 0.6) is 0 Å². The van der Waals surface area contributed by atoms with E-state index in [-0.39, 0.29) is 11.7 Å². The quantitative estimate of drug-likeness (QED) is 0.575. The lowest BCUT2D eigenvalue weighted by molar-refractivity contribution is -0.0521. The van der Waals surface area contributed by atoms with Gasteiger partial charge in [0, 0.05) is 0 Å². The van der Waals surface area contributed by atoms with Gasteiger partial charge in [-0.25, -0.2) is 0 Å². The number of hydrogen-bond acceptors (Lipinski definition) is 3. The van der Waals surface area contributed by atoms with Gasteiger partial charge in [-0.2, -0.15) is 21.6 Å². The van der Waals surface area contributed by atoms with Gasteiger partial charge in [0.2, 0.25) is 0 Å². The molecule has 1 rings (SSSR count). The number of hydrogen-bond donors (Lipinski definition) is 0. The van der Waals surface area contributed by atoms with Crippen molar-refractivity contribution >= 4 is 10.1 Å². The molecule has 1 unspecified atom stereocenters. The predicted octanol–water partition coefficient (Wildman–Crippen LogP) is 3.50. The molecule has 0 fully saturated rings. The highest BCUT2D eigenvalue weighted by Gasteiger charge is 2.49. The Hall–Kier alpha value is -0.980. The first-order valence-corrected chi connectivity index (χ1v) is 6.84. The molecule has 7 heteroatoms. The number of rotatable bonds is 2. The molecule has 0 spiro atoms. The fourth-order valence-electron chi connectivity index (χ4n) is 1.68. The monoisotopic (exact) mass is 284 g/mol. The summed E-state index contributed by atoms with van der Waals surface area (Å²) < 4.78 is 63.0. The van der Waals surface area contributed by atoms with Crippen LogP contribution in [0.4, 0.5) is 13.2 Å². The minimum absolute atomic E-state index is 0.00784. The number of halogens is 3. The van der Waals surface area contributed by atoms with E-state index in [4.69, 9.17) is 0 Å². The molecule has 18 heavy (non-hydrogen) atoms. The Labute approximate surface area is 104 Å². The molecule has 1 atom stereocenters. The Bertz CT molecular complexity index is 482. The summed E-state index contributed by atoms with van der Waals surface area (Å²) in [6.07, 6.45) is 2.71. The van der Waals surface area contributed by atoms with Gasteiger partial charge < -0.3 is 4.18 Å². The van der Waals surface area contributed by atoms with Crippen molar-refractivity contribution in [3.63, 3.8) is 0 Å². The molecule has 0 aromatic carbocycles. The van der Waals surface area contributed by atoms with Crippen molar-refractivity contribution in [1.29, 1.82) is 0 Å². The highest BCUT2D eigenvalue weighted by atomic mass is 32.2. The highest BCUT2D eigenvalue weighted by molar-refractivity contribution is 7.87. The largest absolute Gasteiger partial charge is 0.534 e. The Morgan fingerprint density at radius 2 is 1.94 bits per heavy atom. The van der Waals surface area contributed by atoms with Crippen molar-refractivity contribution in [2.24, 2.45) is 5.92 Å². The van der Waals surface area contributed by atoms with Gasteiger partial charge in [0.25, 0.3) is 0 Å². The van der Waals surface area contributed by atoms with Gasteiger partial charge >= 0.3 is 15.6 Å². The lowest BCUT2D eigenvalue weighted by atomic mass is 9.90. The zero-order valence-electron chi connectivity index (χ0n) is 10.3. The average molecular weight is 284 g/mol. The van der Waals surface area contributed by atoms with Crippen molar-refractivity contribution in [3.8, 4) is 0 Å². The van der Waals surface area contributed by atoms with Gasteiger partial charge in [0.15, 0.2) is 0 Å². The van der Waals surface area contributed by atoms with Crippen molar-refractivity contribution in [2.45, 2.75) is 39.1 Å². The van der Waals surface area contributed by atoms with Crippen LogP contribution in [0.3, 0.4) is 0 Å². The molecule has 0 aliphatic heterocycles. The molecule has 0 N–H and O–H groups in total. The first-order chi connectivity index (χ1) is 8.04. The molecule has 104 valence electrons. The van der Waals surface area contributed by atoms with E-state index in [9.17, 15) is 21.6 Å². The molecule has 1 aliphatic rings. The van der Waals surface area contributed by atoms with Crippen LogP contribution >= 0.6 is 0 Å². The fraction of sp³-hybridized carbons (Fsp3) is 0.636. The van der Waals surface area contributed by atoms with E-state index in [2.05, 4.69) is 4.18 Å². The highest BCUT2D eigenvalue weighted by Crippen LogP contribution is 2.35. The summed E-state index contributed by atoms with van der Waals surface area (Å²) in [4.78, 5) is 0. The van der Waals surface area contributed by atoms with Crippen molar-refractivity contribution in [3.05, 3.63) is 23.0 Å². The molecule has 0 saturated heterocycles. The minimum Gasteiger partial charge on any atom is -0.376 e. The third kappa shape index (κ3) is 3.28. The second kappa shape index (κ2) is 4.95. The van der Waals surface area contributed by atoms with Crippen molar-refractivity contribution < 1.29 is 25.8 Å². The maximum atomic E-state index is 12.3. The second-order valence-electron chi connectivity index (χ2n) is 4.51. The first-order valence-electron chi connectivity index (χ1n) is 5.44. The van der Waals surface area contributed by atoms with E-state index in [1.54, 1.807) is 20.8 Å². The topological polar surface area (TPSA) is 43.4 Å². The average Bonchev–Trinajstić information content (AvgIpc) is 2.14. The maximum Gasteiger partial charge on any atom is 0.534 e. The molecule has 0 aromatic rings. The summed E-state index contributed by atoms with van der Waals surface area (Å²) in [6.45, 7) is 5.22. The van der Waals surface area contributed by atoms with Crippen LogP contribution in [-0.4, -0.2) is 13.9 Å². The van der Waals surface area contributed by atoms with Gasteiger partial charge in [0.1, 0.15) is 5.76 Å². The molecular weight excluding hydrogens is 269 g/mol. The molecule has 0 amide bonds. The van der Waals surface area contributed by atoms with Gasteiger partial charge in [-0.3, -0.25) is 0 Å². The molecule has 1 aliphatic carbocycles. The first kappa shape index (κ1) is 15.1. The molecule has 0 bridgehead atoms. The Morgan fingerprint density at radius 3 is 2.39 bits per heavy atom. The third-order valence-electron chi connectivity index (χ3n) is 2.67. The summed E-state index contributed by atoms with van der Waals surface area (Å²) >= 11 is 0. The molecule has 0 saturated carbocycles. The van der Waals surface area contributed by atoms with Crippen LogP contribution in [0, 0.1) is 5.92 Å². The standard InChI is InChI=1S/C11H15F3O3S/c1-7(2)9-5-4-8(3)6-10(9)17-18(15,16)11(12,13)14/h6,8H,4-5H2,1-3H3. The molecule has 3 nitrogen and oxygen atoms in total. The lowest BCUT2D eigenvalue weighted by Crippen LogP contribution is -2.26. The summed E-state index contributed by atoms with van der Waals surface area (Å²) in [6, 6.07) is 0. The Kier molecular flexibility index (Phi) is 4.15. The van der Waals surface area contributed by atoms with Gasteiger partial charge in [-0.05, 0) is 44.3 Å². The molecule has 0 radical (unpaired) electrons. The number of alkyl halides is 3. The van der Waals surface area contributed by atoms with E-state index in [1.807, 2.05) is 0 Å². The Morgan fingerprint density at radius 1 is 1.39 bits per heavy atom. The van der Waals surface area contributed by atoms with Crippen LogP contribution in [0.15, 0.2) is 23.0 Å². The van der Waals surface area contributed by atoms with Crippen LogP contribution in [-0.2, 0) is 14.3 Å². The van der Waals surface area contributed by atoms with Crippen LogP contribution in [0.1, 0.15) is 33.6 Å². The fourth-order valence-corrected chi connectivity index (χ4v) is 2.16. The predicted molar refractivity (Wildman–Crippen MR) is 60.9 cm³/mol. The number of allylic oxidation sites excluding steroid dienone is 3. The zero-order valence-corrected chi connectivity index (χ0v) is 11.2. The van der Waals surface area contributed by atoms with E-state index in [1.165, 1.54) is 6.08 Å². The Balaban J connectivity index is 3.12.